The minimum absolute atomic E-state index is 0.0526. The molecule has 329 valence electrons. The standard InChI is InChI=1S/C48H69N8O4Si/c1-58-35-23-11-9-21-33(35)48(61,34-22-10-12-24-36(34)59-2)47(57)60-37-25-13-20-32-38(37)46-55-44-31-19-8-7-18-30(31)42(53-44)51-40-27-15-4-3-14-26(27)39(49-40)50-41-28-16-5-6-17-29(28)43(52-41)54-45(32)56-46/h9-12,21-24,26-32,37-46,49-56H,3-8,13-20,25H2,1-2H3. The lowest BCUT2D eigenvalue weighted by atomic mass is 9.75. The Hall–Kier alpha value is -2.59. The van der Waals surface area contributed by atoms with Gasteiger partial charge >= 0.3 is 5.97 Å². The highest BCUT2D eigenvalue weighted by atomic mass is 28.1. The highest BCUT2D eigenvalue weighted by molar-refractivity contribution is 6.31. The van der Waals surface area contributed by atoms with Gasteiger partial charge in [0.1, 0.15) is 22.6 Å². The fourth-order valence-corrected chi connectivity index (χ4v) is 15.1. The van der Waals surface area contributed by atoms with Gasteiger partial charge in [0, 0.05) is 17.0 Å². The Kier molecular flexibility index (Phi) is 11.5. The van der Waals surface area contributed by atoms with Crippen LogP contribution < -0.4 is 52.0 Å². The molecule has 17 atom stereocenters. The molecule has 4 aliphatic carbocycles. The van der Waals surface area contributed by atoms with E-state index in [0.29, 0.717) is 70.5 Å². The zero-order valence-electron chi connectivity index (χ0n) is 36.2. The van der Waals surface area contributed by atoms with Crippen molar-refractivity contribution in [2.75, 3.05) is 14.2 Å². The van der Waals surface area contributed by atoms with Gasteiger partial charge in [0.25, 0.3) is 0 Å². The Balaban J connectivity index is 0.942. The van der Waals surface area contributed by atoms with E-state index in [-0.39, 0.29) is 60.9 Å². The molecule has 0 amide bonds. The van der Waals surface area contributed by atoms with E-state index < -0.39 is 5.04 Å². The lowest BCUT2D eigenvalue weighted by molar-refractivity contribution is -0.158. The number of hydrogen-bond acceptors (Lipinski definition) is 12. The highest BCUT2D eigenvalue weighted by Gasteiger charge is 2.57. The third-order valence-electron chi connectivity index (χ3n) is 17.4. The third-order valence-corrected chi connectivity index (χ3v) is 18.2. The SMILES string of the molecule is COc1ccccc1C([Si])(C(=O)OC1CCCC2C3NC4NC(NC5NC(NC6NC(NC(N3)C12)C1CCCCC61)C1CCCCC51)C1CCCCC41)c1ccccc1OC. The van der Waals surface area contributed by atoms with E-state index >= 15 is 4.79 Å². The molecule has 4 saturated carbocycles. The van der Waals surface area contributed by atoms with E-state index in [9.17, 15) is 0 Å². The highest BCUT2D eigenvalue weighted by Crippen LogP contribution is 2.48. The summed E-state index contributed by atoms with van der Waals surface area (Å²) in [6, 6.07) is 15.5. The first-order chi connectivity index (χ1) is 29.9. The molecule has 0 spiro atoms. The number of nitrogens with one attached hydrogen (secondary N) is 8. The summed E-state index contributed by atoms with van der Waals surface area (Å²) in [5.41, 5.74) is 1.37. The molecule has 3 radical (unpaired) electrons. The fourth-order valence-electron chi connectivity index (χ4n) is 14.6. The summed E-state index contributed by atoms with van der Waals surface area (Å²) in [5.74, 6) is 4.75. The average molecular weight is 850 g/mol. The van der Waals surface area contributed by atoms with Crippen molar-refractivity contribution in [3.63, 3.8) is 0 Å². The molecule has 9 aliphatic rings. The van der Waals surface area contributed by atoms with Gasteiger partial charge < -0.3 is 14.2 Å². The van der Waals surface area contributed by atoms with Gasteiger partial charge in [0.15, 0.2) is 0 Å². The lowest BCUT2D eigenvalue weighted by Gasteiger charge is -2.40. The van der Waals surface area contributed by atoms with E-state index in [1.165, 1.54) is 77.0 Å². The predicted molar refractivity (Wildman–Crippen MR) is 235 cm³/mol. The number of ether oxygens (including phenoxy) is 3. The van der Waals surface area contributed by atoms with E-state index in [4.69, 9.17) is 14.2 Å². The molecule has 5 heterocycles. The molecule has 5 saturated heterocycles. The molecule has 2 aromatic rings. The van der Waals surface area contributed by atoms with Gasteiger partial charge in [-0.1, -0.05) is 74.9 Å². The van der Waals surface area contributed by atoms with Crippen LogP contribution in [0.25, 0.3) is 0 Å². The molecular weight excluding hydrogens is 781 g/mol. The van der Waals surface area contributed by atoms with Crippen LogP contribution >= 0.6 is 0 Å². The zero-order chi connectivity index (χ0) is 41.2. The molecule has 0 aromatic heterocycles. The van der Waals surface area contributed by atoms with Gasteiger partial charge in [-0.25, -0.2) is 0 Å². The number of methoxy groups -OCH3 is 2. The van der Waals surface area contributed by atoms with E-state index in [1.54, 1.807) is 14.2 Å². The minimum Gasteiger partial charge on any atom is -0.496 e. The van der Waals surface area contributed by atoms with Crippen molar-refractivity contribution in [2.24, 2.45) is 47.3 Å². The lowest BCUT2D eigenvalue weighted by Crippen LogP contribution is -2.62. The van der Waals surface area contributed by atoms with Gasteiger partial charge in [-0.15, -0.1) is 0 Å². The maximum atomic E-state index is 15.3. The Bertz CT molecular complexity index is 1840. The summed E-state index contributed by atoms with van der Waals surface area (Å²) in [6.07, 6.45) is 19.5. The quantitative estimate of drug-likeness (QED) is 0.156. The molecule has 8 bridgehead atoms. The van der Waals surface area contributed by atoms with E-state index in [2.05, 4.69) is 52.8 Å². The van der Waals surface area contributed by atoms with E-state index in [0.717, 1.165) is 19.3 Å². The summed E-state index contributed by atoms with van der Waals surface area (Å²) >= 11 is 0. The smallest absolute Gasteiger partial charge is 0.317 e. The molecular formula is C48H69N8O4Si. The van der Waals surface area contributed by atoms with Crippen LogP contribution in [0, 0.1) is 47.3 Å². The second-order valence-corrected chi connectivity index (χ2v) is 21.0. The number of carbonyl (C=O) groups is 1. The average Bonchev–Trinajstić information content (AvgIpc) is 4.05. The van der Waals surface area contributed by atoms with Crippen molar-refractivity contribution in [2.45, 2.75) is 157 Å². The topological polar surface area (TPSA) is 141 Å². The number of hydrogen-bond donors (Lipinski definition) is 8. The predicted octanol–water partition coefficient (Wildman–Crippen LogP) is 4.26. The molecule has 8 N–H and O–H groups in total. The van der Waals surface area contributed by atoms with Crippen LogP contribution in [-0.2, 0) is 14.6 Å². The van der Waals surface area contributed by atoms with Crippen molar-refractivity contribution >= 4 is 16.2 Å². The van der Waals surface area contributed by atoms with E-state index in [1.807, 2.05) is 48.5 Å². The first-order valence-corrected chi connectivity index (χ1v) is 24.7. The maximum Gasteiger partial charge on any atom is 0.317 e. The molecule has 13 heteroatoms. The van der Waals surface area contributed by atoms with Crippen LogP contribution in [0.5, 0.6) is 11.5 Å². The van der Waals surface area contributed by atoms with Crippen LogP contribution in [0.1, 0.15) is 107 Å². The number of benzene rings is 2. The molecule has 17 unspecified atom stereocenters. The summed E-state index contributed by atoms with van der Waals surface area (Å²) in [5, 5.41) is 32.4. The van der Waals surface area contributed by atoms with Gasteiger partial charge in [-0.05, 0) is 111 Å². The normalized spacial score (nSPS) is 43.0. The van der Waals surface area contributed by atoms with Crippen LogP contribution in [0.15, 0.2) is 48.5 Å². The molecule has 12 nitrogen and oxygen atoms in total. The third kappa shape index (κ3) is 7.20. The summed E-state index contributed by atoms with van der Waals surface area (Å²) < 4.78 is 18.8. The largest absolute Gasteiger partial charge is 0.496 e. The monoisotopic (exact) mass is 850 g/mol. The van der Waals surface area contributed by atoms with Crippen molar-refractivity contribution in [1.82, 2.24) is 42.5 Å². The van der Waals surface area contributed by atoms with Crippen molar-refractivity contribution in [3.05, 3.63) is 59.7 Å². The Morgan fingerprint density at radius 3 is 1.18 bits per heavy atom. The number of esters is 1. The zero-order valence-corrected chi connectivity index (χ0v) is 37.2. The minimum atomic E-state index is -1.37. The second kappa shape index (κ2) is 17.1. The number of fused-ring (bicyclic) bond motifs is 20. The molecule has 5 aliphatic heterocycles. The first kappa shape index (κ1) is 41.1. The summed E-state index contributed by atoms with van der Waals surface area (Å²) in [7, 11) is 7.41. The number of rotatable bonds is 6. The van der Waals surface area contributed by atoms with Crippen LogP contribution in [-0.4, -0.2) is 85.9 Å². The molecule has 9 fully saturated rings. The van der Waals surface area contributed by atoms with Crippen LogP contribution in [0.3, 0.4) is 0 Å². The maximum absolute atomic E-state index is 15.3. The molecule has 61 heavy (non-hydrogen) atoms. The first-order valence-electron chi connectivity index (χ1n) is 24.2. The fraction of sp³-hybridized carbons (Fsp3) is 0.729. The van der Waals surface area contributed by atoms with Crippen molar-refractivity contribution in [1.29, 1.82) is 0 Å². The van der Waals surface area contributed by atoms with Crippen molar-refractivity contribution in [3.8, 4) is 11.5 Å². The van der Waals surface area contributed by atoms with Gasteiger partial charge in [0.2, 0.25) is 0 Å². The van der Waals surface area contributed by atoms with Crippen LogP contribution in [0.2, 0.25) is 0 Å². The van der Waals surface area contributed by atoms with Gasteiger partial charge in [-0.2, -0.15) is 0 Å². The Labute approximate surface area is 366 Å². The van der Waals surface area contributed by atoms with Crippen LogP contribution in [0.4, 0.5) is 0 Å². The number of para-hydroxylation sites is 2. The molecule has 2 aromatic carbocycles. The second-order valence-electron chi connectivity index (χ2n) is 20.3. The Morgan fingerprint density at radius 1 is 0.475 bits per heavy atom. The number of carbonyl (C=O) groups excluding carboxylic acids is 1. The van der Waals surface area contributed by atoms with Crippen molar-refractivity contribution < 1.29 is 19.0 Å². The molecule has 11 rings (SSSR count). The van der Waals surface area contributed by atoms with Gasteiger partial charge in [-0.3, -0.25) is 47.3 Å². The summed E-state index contributed by atoms with van der Waals surface area (Å²) in [6.45, 7) is 0. The summed E-state index contributed by atoms with van der Waals surface area (Å²) in [4.78, 5) is 15.3. The Morgan fingerprint density at radius 2 is 0.803 bits per heavy atom. The van der Waals surface area contributed by atoms with Gasteiger partial charge in [0.05, 0.1) is 73.8 Å².